The van der Waals surface area contributed by atoms with Crippen LogP contribution in [-0.2, 0) is 0 Å². The minimum Gasteiger partial charge on any atom is -0.494 e. The number of ether oxygens (including phenoxy) is 1. The summed E-state index contributed by atoms with van der Waals surface area (Å²) in [5, 5.41) is 18.4. The van der Waals surface area contributed by atoms with Gasteiger partial charge in [-0.1, -0.05) is 6.07 Å². The maximum absolute atomic E-state index is 9.50. The maximum Gasteiger partial charge on any atom is 0.120 e. The van der Waals surface area contributed by atoms with Gasteiger partial charge >= 0.3 is 0 Å². The summed E-state index contributed by atoms with van der Waals surface area (Å²) in [4.78, 5) is 5.06. The van der Waals surface area contributed by atoms with Crippen molar-refractivity contribution in [2.24, 2.45) is 0 Å². The van der Waals surface area contributed by atoms with Crippen LogP contribution >= 0.6 is 0 Å². The van der Waals surface area contributed by atoms with Crippen molar-refractivity contribution in [2.75, 3.05) is 39.4 Å². The number of hydrogen-bond acceptors (Lipinski definition) is 5. The third kappa shape index (κ3) is 4.94. The molecule has 0 bridgehead atoms. The van der Waals surface area contributed by atoms with Crippen LogP contribution in [0, 0.1) is 11.3 Å². The number of nitrogens with zero attached hydrogens (tertiary/aromatic N) is 3. The molecule has 2 aliphatic heterocycles. The SMILES string of the molecule is N#Cc1cccc(OCCCN2CCCC2CN2CCCC2CO)c1. The van der Waals surface area contributed by atoms with Gasteiger partial charge in [0.2, 0.25) is 0 Å². The number of aliphatic hydroxyl groups excluding tert-OH is 1. The predicted molar refractivity (Wildman–Crippen MR) is 97.5 cm³/mol. The maximum atomic E-state index is 9.50. The Balaban J connectivity index is 1.40. The smallest absolute Gasteiger partial charge is 0.120 e. The van der Waals surface area contributed by atoms with Crippen LogP contribution in [0.5, 0.6) is 5.75 Å². The van der Waals surface area contributed by atoms with E-state index in [9.17, 15) is 5.11 Å². The van der Waals surface area contributed by atoms with Crippen molar-refractivity contribution in [3.63, 3.8) is 0 Å². The van der Waals surface area contributed by atoms with Crippen molar-refractivity contribution in [2.45, 2.75) is 44.2 Å². The fraction of sp³-hybridized carbons (Fsp3) is 0.650. The molecule has 1 aromatic rings. The topological polar surface area (TPSA) is 59.7 Å². The Labute approximate surface area is 150 Å². The molecule has 136 valence electrons. The number of hydrogen-bond donors (Lipinski definition) is 1. The molecule has 5 heteroatoms. The third-order valence-corrected chi connectivity index (χ3v) is 5.48. The van der Waals surface area contributed by atoms with Crippen LogP contribution in [0.1, 0.15) is 37.7 Å². The normalized spacial score (nSPS) is 24.5. The highest BCUT2D eigenvalue weighted by molar-refractivity contribution is 5.36. The van der Waals surface area contributed by atoms with Crippen molar-refractivity contribution in [1.29, 1.82) is 5.26 Å². The van der Waals surface area contributed by atoms with Crippen molar-refractivity contribution >= 4 is 0 Å². The van der Waals surface area contributed by atoms with Gasteiger partial charge in [0.05, 0.1) is 24.8 Å². The Bertz CT molecular complexity index is 587. The predicted octanol–water partition coefficient (Wildman–Crippen LogP) is 2.25. The van der Waals surface area contributed by atoms with Gasteiger partial charge in [0, 0.05) is 25.2 Å². The number of likely N-dealkylation sites (tertiary alicyclic amines) is 2. The quantitative estimate of drug-likeness (QED) is 0.734. The molecule has 0 saturated carbocycles. The molecule has 2 saturated heterocycles. The lowest BCUT2D eigenvalue weighted by atomic mass is 10.2. The Morgan fingerprint density at radius 1 is 1.16 bits per heavy atom. The number of nitriles is 1. The van der Waals surface area contributed by atoms with E-state index in [-0.39, 0.29) is 0 Å². The lowest BCUT2D eigenvalue weighted by molar-refractivity contribution is 0.120. The molecule has 25 heavy (non-hydrogen) atoms. The Hall–Kier alpha value is -1.61. The molecule has 5 nitrogen and oxygen atoms in total. The van der Waals surface area contributed by atoms with Gasteiger partial charge in [-0.2, -0.15) is 5.26 Å². The highest BCUT2D eigenvalue weighted by Crippen LogP contribution is 2.23. The molecule has 0 aromatic heterocycles. The molecule has 1 N–H and O–H groups in total. The lowest BCUT2D eigenvalue weighted by Crippen LogP contribution is -2.43. The first-order chi connectivity index (χ1) is 12.3. The average molecular weight is 343 g/mol. The van der Waals surface area contributed by atoms with E-state index >= 15 is 0 Å². The van der Waals surface area contributed by atoms with Crippen molar-refractivity contribution in [3.05, 3.63) is 29.8 Å². The van der Waals surface area contributed by atoms with E-state index in [4.69, 9.17) is 10.00 Å². The van der Waals surface area contributed by atoms with E-state index in [1.54, 1.807) is 12.1 Å². The molecule has 2 aliphatic rings. The molecular weight excluding hydrogens is 314 g/mol. The van der Waals surface area contributed by atoms with Crippen LogP contribution in [0.25, 0.3) is 0 Å². The molecule has 2 heterocycles. The van der Waals surface area contributed by atoms with Crippen LogP contribution in [0.4, 0.5) is 0 Å². The Morgan fingerprint density at radius 2 is 1.96 bits per heavy atom. The van der Waals surface area contributed by atoms with E-state index in [1.807, 2.05) is 12.1 Å². The molecule has 1 aromatic carbocycles. The second-order valence-electron chi connectivity index (χ2n) is 7.15. The molecule has 0 spiro atoms. The number of rotatable bonds is 8. The fourth-order valence-corrected chi connectivity index (χ4v) is 4.12. The van der Waals surface area contributed by atoms with Gasteiger partial charge in [-0.3, -0.25) is 9.80 Å². The van der Waals surface area contributed by atoms with Gasteiger partial charge in [-0.15, -0.1) is 0 Å². The summed E-state index contributed by atoms with van der Waals surface area (Å²) in [6.07, 6.45) is 5.89. The molecule has 2 unspecified atom stereocenters. The van der Waals surface area contributed by atoms with E-state index < -0.39 is 0 Å². The second-order valence-corrected chi connectivity index (χ2v) is 7.15. The van der Waals surface area contributed by atoms with Gasteiger partial charge in [-0.05, 0) is 63.4 Å². The summed E-state index contributed by atoms with van der Waals surface area (Å²) < 4.78 is 5.79. The first-order valence-electron chi connectivity index (χ1n) is 9.52. The minimum atomic E-state index is 0.294. The summed E-state index contributed by atoms with van der Waals surface area (Å²) in [7, 11) is 0. The second kappa shape index (κ2) is 9.19. The molecule has 0 amide bonds. The largest absolute Gasteiger partial charge is 0.494 e. The van der Waals surface area contributed by atoms with Gasteiger partial charge in [0.1, 0.15) is 5.75 Å². The fourth-order valence-electron chi connectivity index (χ4n) is 4.12. The molecule has 0 radical (unpaired) electrons. The Kier molecular flexibility index (Phi) is 6.69. The van der Waals surface area contributed by atoms with Crippen LogP contribution in [0.3, 0.4) is 0 Å². The summed E-state index contributed by atoms with van der Waals surface area (Å²) in [5.41, 5.74) is 0.640. The standard InChI is InChI=1S/C20H29N3O2/c21-14-17-5-1-8-20(13-17)25-12-4-11-22-9-2-6-18(22)15-23-10-3-7-19(23)16-24/h1,5,8,13,18-19,24H,2-4,6-7,9-12,15-16H2. The average Bonchev–Trinajstić information content (AvgIpc) is 3.28. The van der Waals surface area contributed by atoms with E-state index in [0.29, 0.717) is 30.9 Å². The molecule has 0 aliphatic carbocycles. The summed E-state index contributed by atoms with van der Waals surface area (Å²) in [5.74, 6) is 0.778. The zero-order valence-electron chi connectivity index (χ0n) is 14.9. The van der Waals surface area contributed by atoms with Crippen LogP contribution in [0.15, 0.2) is 24.3 Å². The molecule has 2 atom stereocenters. The van der Waals surface area contributed by atoms with Crippen molar-refractivity contribution in [3.8, 4) is 11.8 Å². The minimum absolute atomic E-state index is 0.294. The molecule has 3 rings (SSSR count). The van der Waals surface area contributed by atoms with Gasteiger partial charge < -0.3 is 9.84 Å². The number of aliphatic hydroxyl groups is 1. The van der Waals surface area contributed by atoms with Gasteiger partial charge in [-0.25, -0.2) is 0 Å². The zero-order valence-corrected chi connectivity index (χ0v) is 14.9. The highest BCUT2D eigenvalue weighted by Gasteiger charge is 2.30. The van der Waals surface area contributed by atoms with Gasteiger partial charge in [0.25, 0.3) is 0 Å². The third-order valence-electron chi connectivity index (χ3n) is 5.48. The summed E-state index contributed by atoms with van der Waals surface area (Å²) in [6.45, 7) is 5.43. The van der Waals surface area contributed by atoms with E-state index in [2.05, 4.69) is 15.9 Å². The lowest BCUT2D eigenvalue weighted by Gasteiger charge is -2.31. The van der Waals surface area contributed by atoms with Crippen LogP contribution in [0.2, 0.25) is 0 Å². The van der Waals surface area contributed by atoms with Crippen LogP contribution in [-0.4, -0.2) is 66.4 Å². The Morgan fingerprint density at radius 3 is 2.76 bits per heavy atom. The monoisotopic (exact) mass is 343 g/mol. The summed E-state index contributed by atoms with van der Waals surface area (Å²) in [6, 6.07) is 10.5. The first-order valence-corrected chi connectivity index (χ1v) is 9.52. The molecule has 2 fully saturated rings. The van der Waals surface area contributed by atoms with Crippen molar-refractivity contribution < 1.29 is 9.84 Å². The first kappa shape index (κ1) is 18.2. The molecular formula is C20H29N3O2. The summed E-state index contributed by atoms with van der Waals surface area (Å²) >= 11 is 0. The van der Waals surface area contributed by atoms with Gasteiger partial charge in [0.15, 0.2) is 0 Å². The highest BCUT2D eigenvalue weighted by atomic mass is 16.5. The van der Waals surface area contributed by atoms with E-state index in [0.717, 1.165) is 38.2 Å². The zero-order chi connectivity index (χ0) is 17.5. The van der Waals surface area contributed by atoms with E-state index in [1.165, 1.54) is 25.8 Å². The number of benzene rings is 1. The van der Waals surface area contributed by atoms with Crippen molar-refractivity contribution in [1.82, 2.24) is 9.80 Å². The van der Waals surface area contributed by atoms with Crippen LogP contribution < -0.4 is 4.74 Å².